The fourth-order valence-corrected chi connectivity index (χ4v) is 2.88. The normalized spacial score (nSPS) is 17.6. The maximum Gasteiger partial charge on any atom is 0.234 e. The molecule has 1 fully saturated rings. The van der Waals surface area contributed by atoms with Crippen molar-refractivity contribution in [3.05, 3.63) is 65.7 Å². The monoisotopic (exact) mass is 364 g/mol. The van der Waals surface area contributed by atoms with Crippen molar-refractivity contribution in [2.24, 2.45) is 0 Å². The van der Waals surface area contributed by atoms with Gasteiger partial charge in [-0.2, -0.15) is 0 Å². The molecular weight excluding hydrogens is 343 g/mol. The average Bonchev–Trinajstić information content (AvgIpc) is 2.62. The summed E-state index contributed by atoms with van der Waals surface area (Å²) in [4.78, 5) is 18.6. The lowest BCUT2D eigenvalue weighted by Crippen LogP contribution is -2.49. The molecule has 1 amide bonds. The predicted molar refractivity (Wildman–Crippen MR) is 96.9 cm³/mol. The topological polar surface area (TPSA) is 57.3 Å². The Balaban J connectivity index is 0.00000225. The van der Waals surface area contributed by atoms with Gasteiger partial charge in [0.1, 0.15) is 5.82 Å². The summed E-state index contributed by atoms with van der Waals surface area (Å²) in [5, 5.41) is 6.26. The molecule has 0 radical (unpaired) electrons. The van der Waals surface area contributed by atoms with Gasteiger partial charge in [0.05, 0.1) is 6.54 Å². The largest absolute Gasteiger partial charge is 0.351 e. The Labute approximate surface area is 153 Å². The van der Waals surface area contributed by atoms with Crippen molar-refractivity contribution in [1.29, 1.82) is 0 Å². The van der Waals surface area contributed by atoms with E-state index in [0.29, 0.717) is 13.1 Å². The van der Waals surface area contributed by atoms with E-state index in [1.807, 2.05) is 18.3 Å². The van der Waals surface area contributed by atoms with Gasteiger partial charge in [-0.25, -0.2) is 4.39 Å². The molecule has 0 aliphatic carbocycles. The van der Waals surface area contributed by atoms with Crippen LogP contribution in [0.4, 0.5) is 4.39 Å². The molecular formula is C18H22ClFN4O. The van der Waals surface area contributed by atoms with Crippen LogP contribution in [-0.2, 0) is 11.3 Å². The average molecular weight is 365 g/mol. The van der Waals surface area contributed by atoms with Crippen LogP contribution < -0.4 is 10.6 Å². The Morgan fingerprint density at radius 2 is 2.12 bits per heavy atom. The van der Waals surface area contributed by atoms with E-state index < -0.39 is 0 Å². The molecule has 134 valence electrons. The first kappa shape index (κ1) is 19.3. The van der Waals surface area contributed by atoms with E-state index in [1.165, 1.54) is 12.1 Å². The molecule has 0 saturated carbocycles. The molecule has 1 aliphatic rings. The molecule has 1 unspecified atom stereocenters. The summed E-state index contributed by atoms with van der Waals surface area (Å²) in [6, 6.07) is 10.2. The number of piperazine rings is 1. The molecule has 3 rings (SSSR count). The van der Waals surface area contributed by atoms with Crippen LogP contribution in [0.2, 0.25) is 0 Å². The summed E-state index contributed by atoms with van der Waals surface area (Å²) in [5.74, 6) is -0.305. The Hall–Kier alpha value is -2.02. The van der Waals surface area contributed by atoms with Crippen molar-refractivity contribution >= 4 is 18.3 Å². The standard InChI is InChI=1S/C18H21FN4O.ClH/c19-16-5-3-14(4-6-16)10-22-18(24)13-23-9-8-21-12-17(23)15-2-1-7-20-11-15;/h1-7,11,17,21H,8-10,12-13H2,(H,22,24);1H. The quantitative estimate of drug-likeness (QED) is 0.851. The number of nitrogens with one attached hydrogen (secondary N) is 2. The van der Waals surface area contributed by atoms with Gasteiger partial charge in [0.2, 0.25) is 5.91 Å². The molecule has 0 spiro atoms. The fraction of sp³-hybridized carbons (Fsp3) is 0.333. The molecule has 1 aromatic heterocycles. The van der Waals surface area contributed by atoms with Gasteiger partial charge in [-0.05, 0) is 29.3 Å². The molecule has 5 nitrogen and oxygen atoms in total. The second-order valence-corrected chi connectivity index (χ2v) is 5.88. The van der Waals surface area contributed by atoms with Crippen molar-refractivity contribution in [2.45, 2.75) is 12.6 Å². The number of pyridine rings is 1. The first-order chi connectivity index (χ1) is 11.7. The molecule has 25 heavy (non-hydrogen) atoms. The van der Waals surface area contributed by atoms with Crippen LogP contribution in [0.1, 0.15) is 17.2 Å². The second kappa shape index (κ2) is 9.46. The van der Waals surface area contributed by atoms with Crippen molar-refractivity contribution in [3.63, 3.8) is 0 Å². The number of carbonyl (C=O) groups excluding carboxylic acids is 1. The lowest BCUT2D eigenvalue weighted by Gasteiger charge is -2.35. The van der Waals surface area contributed by atoms with Crippen LogP contribution in [-0.4, -0.2) is 42.0 Å². The lowest BCUT2D eigenvalue weighted by molar-refractivity contribution is -0.123. The Morgan fingerprint density at radius 1 is 1.32 bits per heavy atom. The molecule has 1 atom stereocenters. The summed E-state index contributed by atoms with van der Waals surface area (Å²) < 4.78 is 12.9. The Morgan fingerprint density at radius 3 is 2.84 bits per heavy atom. The highest BCUT2D eigenvalue weighted by molar-refractivity contribution is 5.85. The highest BCUT2D eigenvalue weighted by atomic mass is 35.5. The number of rotatable bonds is 5. The minimum Gasteiger partial charge on any atom is -0.351 e. The minimum atomic E-state index is -0.273. The van der Waals surface area contributed by atoms with Gasteiger partial charge in [0.25, 0.3) is 0 Å². The highest BCUT2D eigenvalue weighted by Gasteiger charge is 2.25. The maximum atomic E-state index is 12.9. The van der Waals surface area contributed by atoms with E-state index in [-0.39, 0.29) is 30.2 Å². The van der Waals surface area contributed by atoms with Crippen molar-refractivity contribution in [3.8, 4) is 0 Å². The van der Waals surface area contributed by atoms with E-state index >= 15 is 0 Å². The zero-order chi connectivity index (χ0) is 16.8. The van der Waals surface area contributed by atoms with E-state index in [1.54, 1.807) is 18.3 Å². The van der Waals surface area contributed by atoms with Crippen LogP contribution in [0, 0.1) is 5.82 Å². The number of carbonyl (C=O) groups is 1. The van der Waals surface area contributed by atoms with E-state index in [2.05, 4.69) is 20.5 Å². The third-order valence-electron chi connectivity index (χ3n) is 4.17. The van der Waals surface area contributed by atoms with Gasteiger partial charge in [-0.15, -0.1) is 12.4 Å². The summed E-state index contributed by atoms with van der Waals surface area (Å²) in [7, 11) is 0. The summed E-state index contributed by atoms with van der Waals surface area (Å²) in [5.41, 5.74) is 1.99. The molecule has 2 heterocycles. The number of hydrogen-bond acceptors (Lipinski definition) is 4. The number of nitrogens with zero attached hydrogens (tertiary/aromatic N) is 2. The number of aromatic nitrogens is 1. The number of amides is 1. The predicted octanol–water partition coefficient (Wildman–Crippen LogP) is 1.91. The highest BCUT2D eigenvalue weighted by Crippen LogP contribution is 2.20. The first-order valence-electron chi connectivity index (χ1n) is 8.08. The van der Waals surface area contributed by atoms with Crippen molar-refractivity contribution in [2.75, 3.05) is 26.2 Å². The van der Waals surface area contributed by atoms with E-state index in [9.17, 15) is 9.18 Å². The van der Waals surface area contributed by atoms with Crippen molar-refractivity contribution in [1.82, 2.24) is 20.5 Å². The minimum absolute atomic E-state index is 0. The zero-order valence-electron chi connectivity index (χ0n) is 13.8. The van der Waals surface area contributed by atoms with E-state index in [4.69, 9.17) is 0 Å². The molecule has 2 aromatic rings. The van der Waals surface area contributed by atoms with Crippen LogP contribution >= 0.6 is 12.4 Å². The number of hydrogen-bond donors (Lipinski definition) is 2. The molecule has 1 saturated heterocycles. The van der Waals surface area contributed by atoms with Crippen LogP contribution in [0.15, 0.2) is 48.8 Å². The molecule has 0 bridgehead atoms. The fourth-order valence-electron chi connectivity index (χ4n) is 2.88. The third-order valence-corrected chi connectivity index (χ3v) is 4.17. The number of benzene rings is 1. The summed E-state index contributed by atoms with van der Waals surface area (Å²) >= 11 is 0. The van der Waals surface area contributed by atoms with Crippen LogP contribution in [0.3, 0.4) is 0 Å². The zero-order valence-corrected chi connectivity index (χ0v) is 14.6. The lowest BCUT2D eigenvalue weighted by atomic mass is 10.1. The van der Waals surface area contributed by atoms with Crippen LogP contribution in [0.25, 0.3) is 0 Å². The smallest absolute Gasteiger partial charge is 0.234 e. The maximum absolute atomic E-state index is 12.9. The molecule has 7 heteroatoms. The Kier molecular flexibility index (Phi) is 7.31. The Bertz CT molecular complexity index is 669. The molecule has 1 aromatic carbocycles. The van der Waals surface area contributed by atoms with Gasteiger partial charge >= 0.3 is 0 Å². The second-order valence-electron chi connectivity index (χ2n) is 5.88. The van der Waals surface area contributed by atoms with Gasteiger partial charge in [-0.3, -0.25) is 14.7 Å². The molecule has 1 aliphatic heterocycles. The SMILES string of the molecule is Cl.O=C(CN1CCNCC1c1cccnc1)NCc1ccc(F)cc1. The van der Waals surface area contributed by atoms with Gasteiger partial charge in [-0.1, -0.05) is 18.2 Å². The molecule has 2 N–H and O–H groups in total. The van der Waals surface area contributed by atoms with Crippen molar-refractivity contribution < 1.29 is 9.18 Å². The van der Waals surface area contributed by atoms with Gasteiger partial charge in [0, 0.05) is 44.6 Å². The van der Waals surface area contributed by atoms with Gasteiger partial charge < -0.3 is 10.6 Å². The summed E-state index contributed by atoms with van der Waals surface area (Å²) in [6.45, 7) is 3.22. The summed E-state index contributed by atoms with van der Waals surface area (Å²) in [6.07, 6.45) is 3.60. The van der Waals surface area contributed by atoms with E-state index in [0.717, 1.165) is 30.8 Å². The van der Waals surface area contributed by atoms with Gasteiger partial charge in [0.15, 0.2) is 0 Å². The third kappa shape index (κ3) is 5.49. The van der Waals surface area contributed by atoms with Crippen LogP contribution in [0.5, 0.6) is 0 Å². The first-order valence-corrected chi connectivity index (χ1v) is 8.08. The number of halogens is 2.